The van der Waals surface area contributed by atoms with Crippen molar-refractivity contribution >= 4 is 33.0 Å². The summed E-state index contributed by atoms with van der Waals surface area (Å²) in [5.41, 5.74) is 2.74. The number of rotatable bonds is 3. The summed E-state index contributed by atoms with van der Waals surface area (Å²) >= 11 is 0.979. The van der Waals surface area contributed by atoms with Crippen molar-refractivity contribution in [1.29, 1.82) is 0 Å². The van der Waals surface area contributed by atoms with Crippen LogP contribution in [0.25, 0.3) is 0 Å². The van der Waals surface area contributed by atoms with E-state index >= 15 is 0 Å². The molecule has 0 aliphatic heterocycles. The van der Waals surface area contributed by atoms with Crippen molar-refractivity contribution < 1.29 is 18.5 Å². The molecule has 1 unspecified atom stereocenters. The smallest absolute Gasteiger partial charge is 0.354 e. The number of nitrogens with two attached hydrogens (primary N) is 1. The van der Waals surface area contributed by atoms with Crippen LogP contribution in [0.15, 0.2) is 8.57 Å². The van der Waals surface area contributed by atoms with E-state index in [2.05, 4.69) is 14.7 Å². The van der Waals surface area contributed by atoms with Gasteiger partial charge in [-0.1, -0.05) is 0 Å². The fraction of sp³-hybridized carbons (Fsp3) is 0.500. The Bertz CT molecular complexity index is 1140. The third kappa shape index (κ3) is 3.66. The molecule has 0 radical (unpaired) electrons. The minimum Gasteiger partial charge on any atom is -0.383 e. The molecule has 1 aromatic carbocycles. The molecule has 1 heterocycles. The Morgan fingerprint density at radius 1 is 1.20 bits per heavy atom. The second kappa shape index (κ2) is 7.37. The largest absolute Gasteiger partial charge is 0.383 e. The van der Waals surface area contributed by atoms with E-state index in [1.807, 2.05) is 0 Å². The number of urea groups is 1. The first-order valence-electron chi connectivity index (χ1n) is 9.90. The van der Waals surface area contributed by atoms with Gasteiger partial charge in [-0.3, -0.25) is 0 Å². The quantitative estimate of drug-likeness (QED) is 0.658. The molecular weight excluding hydrogens is 427 g/mol. The van der Waals surface area contributed by atoms with Gasteiger partial charge in [0, 0.05) is 5.69 Å². The molecule has 2 aliphatic rings. The van der Waals surface area contributed by atoms with E-state index < -0.39 is 21.5 Å². The van der Waals surface area contributed by atoms with Crippen LogP contribution in [-0.2, 0) is 41.2 Å². The Morgan fingerprint density at radius 3 is 2.23 bits per heavy atom. The zero-order chi connectivity index (χ0) is 21.8. The van der Waals surface area contributed by atoms with Crippen molar-refractivity contribution in [2.75, 3.05) is 5.32 Å². The van der Waals surface area contributed by atoms with E-state index in [0.29, 0.717) is 53.2 Å². The number of fused-ring (bicyclic) bond motifs is 2. The summed E-state index contributed by atoms with van der Waals surface area (Å²) in [6, 6.07) is -0.824. The lowest BCUT2D eigenvalue weighted by Crippen LogP contribution is -2.19. The lowest BCUT2D eigenvalue weighted by molar-refractivity contribution is 0.0781. The number of carbonyl (C=O) groups excluding carboxylic acids is 1. The van der Waals surface area contributed by atoms with Crippen LogP contribution in [0.5, 0.6) is 0 Å². The summed E-state index contributed by atoms with van der Waals surface area (Å²) in [7, 11) is -3.55. The van der Waals surface area contributed by atoms with Crippen LogP contribution in [0.4, 0.5) is 14.9 Å². The molecule has 7 nitrogen and oxygen atoms in total. The number of aryl methyl sites for hydroxylation is 1. The summed E-state index contributed by atoms with van der Waals surface area (Å²) in [5.74, 6) is -0.132. The first-order chi connectivity index (χ1) is 14.0. The van der Waals surface area contributed by atoms with E-state index in [-0.39, 0.29) is 10.0 Å². The Morgan fingerprint density at radius 2 is 1.73 bits per heavy atom. The van der Waals surface area contributed by atoms with Gasteiger partial charge < -0.3 is 10.4 Å². The molecule has 10 heteroatoms. The molecule has 0 saturated heterocycles. The second-order valence-corrected chi connectivity index (χ2v) is 11.3. The summed E-state index contributed by atoms with van der Waals surface area (Å²) in [6.45, 7) is 4.74. The van der Waals surface area contributed by atoms with Gasteiger partial charge in [0.15, 0.2) is 9.92 Å². The van der Waals surface area contributed by atoms with Crippen LogP contribution in [0, 0.1) is 12.7 Å². The van der Waals surface area contributed by atoms with E-state index in [4.69, 9.17) is 5.14 Å². The van der Waals surface area contributed by atoms with Crippen molar-refractivity contribution in [1.82, 2.24) is 4.98 Å². The molecular formula is C20H25FN4O3S2. The molecule has 1 atom stereocenters. The van der Waals surface area contributed by atoms with Crippen molar-refractivity contribution in [2.24, 2.45) is 9.50 Å². The molecule has 2 amide bonds. The SMILES string of the molecule is Cc1nc(C(C)(C)O)sc1S(N)(=O)=NC(=O)Nc1c2c(c(F)c3c1CCC3)CCC2. The first-order valence-corrected chi connectivity index (χ1v) is 12.3. The van der Waals surface area contributed by atoms with Crippen LogP contribution < -0.4 is 10.5 Å². The minimum absolute atomic E-state index is 0.132. The van der Waals surface area contributed by atoms with Gasteiger partial charge in [-0.25, -0.2) is 23.5 Å². The zero-order valence-corrected chi connectivity index (χ0v) is 18.8. The number of hydrogen-bond acceptors (Lipinski definition) is 5. The highest BCUT2D eigenvalue weighted by Gasteiger charge is 2.30. The van der Waals surface area contributed by atoms with Crippen molar-refractivity contribution in [3.05, 3.63) is 38.8 Å². The molecule has 0 bridgehead atoms. The topological polar surface area (TPSA) is 118 Å². The minimum atomic E-state index is -3.55. The average molecular weight is 453 g/mol. The monoisotopic (exact) mass is 452 g/mol. The average Bonchev–Trinajstić information content (AvgIpc) is 3.36. The number of hydrogen-bond donors (Lipinski definition) is 3. The maximum atomic E-state index is 14.8. The number of nitrogens with one attached hydrogen (secondary N) is 1. The van der Waals surface area contributed by atoms with Crippen LogP contribution in [0.1, 0.15) is 59.6 Å². The number of anilines is 1. The van der Waals surface area contributed by atoms with Crippen LogP contribution >= 0.6 is 11.3 Å². The normalized spacial score (nSPS) is 17.4. The fourth-order valence-corrected chi connectivity index (χ4v) is 6.72. The highest BCUT2D eigenvalue weighted by molar-refractivity contribution is 7.93. The molecule has 2 aromatic rings. The Kier molecular flexibility index (Phi) is 5.24. The predicted octanol–water partition coefficient (Wildman–Crippen LogP) is 3.73. The van der Waals surface area contributed by atoms with Gasteiger partial charge in [0.1, 0.15) is 20.6 Å². The molecule has 4 rings (SSSR count). The van der Waals surface area contributed by atoms with E-state index in [9.17, 15) is 18.5 Å². The maximum Gasteiger partial charge on any atom is 0.354 e. The molecule has 1 aromatic heterocycles. The first kappa shape index (κ1) is 21.4. The summed E-state index contributed by atoms with van der Waals surface area (Å²) in [5, 5.41) is 19.2. The standard InChI is InChI=1S/C20H25FN4O3S2/c1-10-17(29-18(23-10)20(2,3)27)30(22,28)25-19(26)24-16-13-8-4-6-11(13)15(21)12-7-5-9-14(12)16/h27H,4-9H2,1-3H3,(H3,22,24,25,26,28). The highest BCUT2D eigenvalue weighted by atomic mass is 32.2. The summed E-state index contributed by atoms with van der Waals surface area (Å²) in [4.78, 5) is 16.9. The van der Waals surface area contributed by atoms with Gasteiger partial charge in [0.05, 0.1) is 5.69 Å². The van der Waals surface area contributed by atoms with Crippen LogP contribution in [-0.4, -0.2) is 20.3 Å². The zero-order valence-electron chi connectivity index (χ0n) is 17.2. The number of amides is 2. The van der Waals surface area contributed by atoms with Crippen LogP contribution in [0.2, 0.25) is 0 Å². The van der Waals surface area contributed by atoms with Gasteiger partial charge >= 0.3 is 6.03 Å². The van der Waals surface area contributed by atoms with Gasteiger partial charge in [-0.2, -0.15) is 0 Å². The van der Waals surface area contributed by atoms with Gasteiger partial charge in [0.25, 0.3) is 0 Å². The Balaban J connectivity index is 1.70. The second-order valence-electron chi connectivity index (χ2n) is 8.35. The number of thiazole rings is 1. The summed E-state index contributed by atoms with van der Waals surface area (Å²) < 4.78 is 31.8. The number of aromatic nitrogens is 1. The van der Waals surface area contributed by atoms with E-state index in [0.717, 1.165) is 35.3 Å². The maximum absolute atomic E-state index is 14.8. The Hall–Kier alpha value is -1.88. The number of aliphatic hydroxyl groups is 1. The summed E-state index contributed by atoms with van der Waals surface area (Å²) in [6.07, 6.45) is 4.36. The van der Waals surface area contributed by atoms with Gasteiger partial charge in [-0.05, 0) is 81.5 Å². The number of carbonyl (C=O) groups is 1. The molecule has 0 fully saturated rings. The molecule has 30 heavy (non-hydrogen) atoms. The molecule has 2 aliphatic carbocycles. The number of benzene rings is 1. The lowest BCUT2D eigenvalue weighted by atomic mass is 9.98. The number of nitrogens with zero attached hydrogens (tertiary/aromatic N) is 2. The Labute approximate surface area is 179 Å². The fourth-order valence-electron chi connectivity index (χ4n) is 4.25. The lowest BCUT2D eigenvalue weighted by Gasteiger charge is -2.16. The highest BCUT2D eigenvalue weighted by Crippen LogP contribution is 2.41. The third-order valence-corrected chi connectivity index (χ3v) is 9.06. The van der Waals surface area contributed by atoms with E-state index in [1.165, 1.54) is 0 Å². The van der Waals surface area contributed by atoms with Crippen LogP contribution in [0.3, 0.4) is 0 Å². The van der Waals surface area contributed by atoms with Gasteiger partial charge in [-0.15, -0.1) is 15.7 Å². The molecule has 162 valence electrons. The van der Waals surface area contributed by atoms with E-state index in [1.54, 1.807) is 20.8 Å². The van der Waals surface area contributed by atoms with Crippen molar-refractivity contribution in [3.63, 3.8) is 0 Å². The van der Waals surface area contributed by atoms with Crippen molar-refractivity contribution in [3.8, 4) is 0 Å². The van der Waals surface area contributed by atoms with Gasteiger partial charge in [0.2, 0.25) is 0 Å². The molecule has 0 spiro atoms. The third-order valence-electron chi connectivity index (χ3n) is 5.56. The van der Waals surface area contributed by atoms with Crippen molar-refractivity contribution in [2.45, 2.75) is 69.1 Å². The molecule has 4 N–H and O–H groups in total. The number of halogens is 1. The molecule has 0 saturated carbocycles. The predicted molar refractivity (Wildman–Crippen MR) is 115 cm³/mol.